The largest absolute Gasteiger partial charge is 0.313 e. The van der Waals surface area contributed by atoms with Crippen LogP contribution in [0.5, 0.6) is 0 Å². The summed E-state index contributed by atoms with van der Waals surface area (Å²) in [7, 11) is 0. The fraction of sp³-hybridized carbons (Fsp3) is 0.474. The first-order valence-corrected chi connectivity index (χ1v) is 8.69. The van der Waals surface area contributed by atoms with E-state index in [1.807, 2.05) is 28.8 Å². The second kappa shape index (κ2) is 7.39. The molecule has 0 saturated carbocycles. The Balaban J connectivity index is 1.87. The molecule has 0 N–H and O–H groups in total. The number of ketones is 1. The molecule has 5 nitrogen and oxygen atoms in total. The molecule has 0 bridgehead atoms. The van der Waals surface area contributed by atoms with Crippen LogP contribution in [-0.4, -0.2) is 20.5 Å². The van der Waals surface area contributed by atoms with Crippen molar-refractivity contribution >= 4 is 5.78 Å². The fourth-order valence-electron chi connectivity index (χ4n) is 3.25. The number of aryl methyl sites for hydroxylation is 2. The third-order valence-corrected chi connectivity index (χ3v) is 4.56. The molecule has 2 heterocycles. The third kappa shape index (κ3) is 3.23. The van der Waals surface area contributed by atoms with Crippen molar-refractivity contribution in [2.75, 3.05) is 0 Å². The standard InChI is InChI=1S/C19H22N4O/c1-2-6-14-8-10-15(11-9-14)18(24)16(13-20)19-22-21-17-7-4-3-5-12-23(17)19/h8-11,16H,2-7,12H2,1H3/t16-/m1/s1. The van der Waals surface area contributed by atoms with Crippen LogP contribution >= 0.6 is 0 Å². The van der Waals surface area contributed by atoms with Crippen molar-refractivity contribution < 1.29 is 4.79 Å². The van der Waals surface area contributed by atoms with E-state index in [9.17, 15) is 10.1 Å². The monoisotopic (exact) mass is 322 g/mol. The zero-order valence-corrected chi connectivity index (χ0v) is 14.0. The van der Waals surface area contributed by atoms with Gasteiger partial charge < -0.3 is 4.57 Å². The normalized spacial score (nSPS) is 15.2. The molecule has 124 valence electrons. The van der Waals surface area contributed by atoms with Crippen LogP contribution in [0.2, 0.25) is 0 Å². The molecule has 24 heavy (non-hydrogen) atoms. The van der Waals surface area contributed by atoms with E-state index >= 15 is 0 Å². The Morgan fingerprint density at radius 2 is 2.04 bits per heavy atom. The molecule has 1 aromatic heterocycles. The van der Waals surface area contributed by atoms with Crippen LogP contribution in [0.15, 0.2) is 24.3 Å². The Morgan fingerprint density at radius 1 is 1.25 bits per heavy atom. The van der Waals surface area contributed by atoms with Crippen LogP contribution in [-0.2, 0) is 19.4 Å². The number of aromatic nitrogens is 3. The van der Waals surface area contributed by atoms with Gasteiger partial charge in [0.2, 0.25) is 0 Å². The molecule has 0 aliphatic carbocycles. The molecular weight excluding hydrogens is 300 g/mol. The van der Waals surface area contributed by atoms with Crippen LogP contribution in [0.1, 0.15) is 66.1 Å². The van der Waals surface area contributed by atoms with Gasteiger partial charge in [0, 0.05) is 18.5 Å². The van der Waals surface area contributed by atoms with Crippen LogP contribution < -0.4 is 0 Å². The van der Waals surface area contributed by atoms with Crippen molar-refractivity contribution in [2.24, 2.45) is 0 Å². The number of rotatable bonds is 5. The summed E-state index contributed by atoms with van der Waals surface area (Å²) in [5.74, 6) is 0.312. The number of benzene rings is 1. The van der Waals surface area contributed by atoms with E-state index in [1.165, 1.54) is 5.56 Å². The fourth-order valence-corrected chi connectivity index (χ4v) is 3.25. The molecule has 3 rings (SSSR count). The summed E-state index contributed by atoms with van der Waals surface area (Å²) in [6.07, 6.45) is 6.20. The van der Waals surface area contributed by atoms with Gasteiger partial charge in [-0.2, -0.15) is 5.26 Å². The number of fused-ring (bicyclic) bond motifs is 1. The molecule has 0 unspecified atom stereocenters. The maximum Gasteiger partial charge on any atom is 0.187 e. The Bertz CT molecular complexity index is 755. The van der Waals surface area contributed by atoms with Gasteiger partial charge in [-0.3, -0.25) is 4.79 Å². The lowest BCUT2D eigenvalue weighted by molar-refractivity contribution is 0.0974. The van der Waals surface area contributed by atoms with E-state index in [2.05, 4.69) is 23.2 Å². The van der Waals surface area contributed by atoms with Gasteiger partial charge in [-0.1, -0.05) is 44.0 Å². The molecule has 1 atom stereocenters. The van der Waals surface area contributed by atoms with Gasteiger partial charge in [-0.25, -0.2) is 0 Å². The van der Waals surface area contributed by atoms with E-state index < -0.39 is 5.92 Å². The highest BCUT2D eigenvalue weighted by Crippen LogP contribution is 2.23. The topological polar surface area (TPSA) is 71.6 Å². The van der Waals surface area contributed by atoms with Gasteiger partial charge in [0.25, 0.3) is 0 Å². The molecule has 1 aliphatic heterocycles. The van der Waals surface area contributed by atoms with E-state index in [1.54, 1.807) is 0 Å². The van der Waals surface area contributed by atoms with Crippen LogP contribution in [0.4, 0.5) is 0 Å². The Hall–Kier alpha value is -2.48. The summed E-state index contributed by atoms with van der Waals surface area (Å²) in [4.78, 5) is 12.8. The Morgan fingerprint density at radius 3 is 2.75 bits per heavy atom. The first-order valence-electron chi connectivity index (χ1n) is 8.69. The van der Waals surface area contributed by atoms with Gasteiger partial charge in [0.1, 0.15) is 5.82 Å². The predicted octanol–water partition coefficient (Wildman–Crippen LogP) is 3.45. The second-order valence-corrected chi connectivity index (χ2v) is 6.31. The van der Waals surface area contributed by atoms with Crippen molar-refractivity contribution in [3.63, 3.8) is 0 Å². The molecule has 0 saturated heterocycles. The highest BCUT2D eigenvalue weighted by Gasteiger charge is 2.29. The minimum absolute atomic E-state index is 0.194. The van der Waals surface area contributed by atoms with Gasteiger partial charge in [-0.15, -0.1) is 10.2 Å². The molecule has 5 heteroatoms. The van der Waals surface area contributed by atoms with Crippen molar-refractivity contribution in [1.82, 2.24) is 14.8 Å². The van der Waals surface area contributed by atoms with Crippen molar-refractivity contribution in [1.29, 1.82) is 5.26 Å². The van der Waals surface area contributed by atoms with E-state index in [0.29, 0.717) is 11.4 Å². The smallest absolute Gasteiger partial charge is 0.187 e. The Labute approximate surface area is 142 Å². The number of hydrogen-bond acceptors (Lipinski definition) is 4. The first kappa shape index (κ1) is 16.4. The molecule has 0 spiro atoms. The molecule has 2 aromatic rings. The maximum absolute atomic E-state index is 12.8. The van der Waals surface area contributed by atoms with Gasteiger partial charge in [0.05, 0.1) is 6.07 Å². The van der Waals surface area contributed by atoms with Gasteiger partial charge >= 0.3 is 0 Å². The van der Waals surface area contributed by atoms with Crippen molar-refractivity contribution in [3.8, 4) is 6.07 Å². The summed E-state index contributed by atoms with van der Waals surface area (Å²) in [6, 6.07) is 9.71. The molecular formula is C19H22N4O. The number of nitrogens with zero attached hydrogens (tertiary/aromatic N) is 4. The number of carbonyl (C=O) groups is 1. The molecule has 0 amide bonds. The van der Waals surface area contributed by atoms with Crippen molar-refractivity contribution in [3.05, 3.63) is 47.0 Å². The van der Waals surface area contributed by atoms with E-state index in [4.69, 9.17) is 0 Å². The number of Topliss-reactive ketones (excluding diaryl/α,β-unsaturated/α-hetero) is 1. The molecule has 1 aromatic carbocycles. The highest BCUT2D eigenvalue weighted by molar-refractivity contribution is 6.02. The maximum atomic E-state index is 12.8. The van der Waals surface area contributed by atoms with Crippen LogP contribution in [0.3, 0.4) is 0 Å². The zero-order chi connectivity index (χ0) is 16.9. The minimum Gasteiger partial charge on any atom is -0.313 e. The summed E-state index contributed by atoms with van der Waals surface area (Å²) in [5.41, 5.74) is 1.77. The lowest BCUT2D eigenvalue weighted by atomic mass is 9.96. The number of hydrogen-bond donors (Lipinski definition) is 0. The average molecular weight is 322 g/mol. The van der Waals surface area contributed by atoms with Crippen LogP contribution in [0.25, 0.3) is 0 Å². The van der Waals surface area contributed by atoms with Gasteiger partial charge in [-0.05, 0) is 24.8 Å². The highest BCUT2D eigenvalue weighted by atomic mass is 16.1. The first-order chi connectivity index (χ1) is 11.7. The number of carbonyl (C=O) groups excluding carboxylic acids is 1. The summed E-state index contributed by atoms with van der Waals surface area (Å²) in [6.45, 7) is 2.92. The lowest BCUT2D eigenvalue weighted by Crippen LogP contribution is -2.17. The Kier molecular flexibility index (Phi) is 5.05. The summed E-state index contributed by atoms with van der Waals surface area (Å²) in [5, 5.41) is 18.0. The molecule has 1 aliphatic rings. The average Bonchev–Trinajstić information content (AvgIpc) is 2.85. The summed E-state index contributed by atoms with van der Waals surface area (Å²) < 4.78 is 1.98. The quantitative estimate of drug-likeness (QED) is 0.790. The third-order valence-electron chi connectivity index (χ3n) is 4.56. The molecule has 0 radical (unpaired) electrons. The van der Waals surface area contributed by atoms with Crippen LogP contribution in [0, 0.1) is 11.3 Å². The summed E-state index contributed by atoms with van der Waals surface area (Å²) >= 11 is 0. The SMILES string of the molecule is CCCc1ccc(C(=O)[C@@H](C#N)c2nnc3n2CCCCC3)cc1. The van der Waals surface area contributed by atoms with E-state index in [0.717, 1.165) is 50.9 Å². The van der Waals surface area contributed by atoms with Crippen molar-refractivity contribution in [2.45, 2.75) is 57.9 Å². The van der Waals surface area contributed by atoms with Gasteiger partial charge in [0.15, 0.2) is 17.5 Å². The second-order valence-electron chi connectivity index (χ2n) is 6.31. The predicted molar refractivity (Wildman–Crippen MR) is 90.7 cm³/mol. The molecule has 0 fully saturated rings. The number of nitriles is 1. The minimum atomic E-state index is -0.888. The van der Waals surface area contributed by atoms with E-state index in [-0.39, 0.29) is 5.78 Å². The zero-order valence-electron chi connectivity index (χ0n) is 14.0. The lowest BCUT2D eigenvalue weighted by Gasteiger charge is -2.11.